The average Bonchev–Trinajstić information content (AvgIpc) is 3.44. The van der Waals surface area contributed by atoms with Gasteiger partial charge in [-0.1, -0.05) is 12.1 Å². The summed E-state index contributed by atoms with van der Waals surface area (Å²) in [7, 11) is 4.75. The van der Waals surface area contributed by atoms with Gasteiger partial charge in [-0.3, -0.25) is 4.39 Å². The molecule has 4 unspecified atom stereocenters. The summed E-state index contributed by atoms with van der Waals surface area (Å²) in [5.41, 5.74) is 2.96. The Kier molecular flexibility index (Phi) is 12.9. The third kappa shape index (κ3) is 8.04. The van der Waals surface area contributed by atoms with Gasteiger partial charge in [0.05, 0.1) is 59.5 Å². The largest absolute Gasteiger partial charge is 0.496 e. The lowest BCUT2D eigenvalue weighted by atomic mass is 9.93. The molecule has 4 atom stereocenters. The highest BCUT2D eigenvalue weighted by molar-refractivity contribution is 5.49. The number of aliphatic hydroxyl groups excluding tert-OH is 3. The number of rotatable bonds is 8. The molecule has 2 saturated heterocycles. The van der Waals surface area contributed by atoms with Crippen molar-refractivity contribution in [1.29, 1.82) is 0 Å². The summed E-state index contributed by atoms with van der Waals surface area (Å²) in [4.78, 5) is 0. The molecule has 0 amide bonds. The van der Waals surface area contributed by atoms with Crippen molar-refractivity contribution in [1.82, 2.24) is 0 Å². The van der Waals surface area contributed by atoms with Crippen LogP contribution in [0.3, 0.4) is 0 Å². The Morgan fingerprint density at radius 2 is 1.69 bits per heavy atom. The molecule has 0 aromatic heterocycles. The molecule has 4 rings (SSSR count). The van der Waals surface area contributed by atoms with E-state index >= 15 is 0 Å². The maximum Gasteiger partial charge on any atom is 0.128 e. The van der Waals surface area contributed by atoms with E-state index < -0.39 is 12.2 Å². The molecule has 3 N–H and O–H groups in total. The molecule has 2 aromatic carbocycles. The van der Waals surface area contributed by atoms with Crippen molar-refractivity contribution in [3.8, 4) is 17.2 Å². The number of hydrogen-bond acceptors (Lipinski definition) is 8. The van der Waals surface area contributed by atoms with Crippen molar-refractivity contribution >= 4 is 0 Å². The minimum atomic E-state index is -0.529. The number of ether oxygens (including phenoxy) is 5. The Bertz CT molecular complexity index is 886. The van der Waals surface area contributed by atoms with Crippen molar-refractivity contribution in [2.24, 2.45) is 0 Å². The van der Waals surface area contributed by atoms with Crippen LogP contribution in [-0.2, 0) is 15.9 Å². The fourth-order valence-corrected chi connectivity index (χ4v) is 4.39. The van der Waals surface area contributed by atoms with Crippen LogP contribution in [0.5, 0.6) is 17.2 Å². The van der Waals surface area contributed by atoms with E-state index in [4.69, 9.17) is 28.8 Å². The molecule has 2 aliphatic rings. The Morgan fingerprint density at radius 3 is 2.28 bits per heavy atom. The van der Waals surface area contributed by atoms with E-state index in [0.717, 1.165) is 48.3 Å². The second-order valence-corrected chi connectivity index (χ2v) is 8.38. The highest BCUT2D eigenvalue weighted by Gasteiger charge is 2.31. The third-order valence-corrected chi connectivity index (χ3v) is 6.07. The van der Waals surface area contributed by atoms with Crippen LogP contribution < -0.4 is 14.2 Å². The fraction of sp³-hybridized carbons (Fsp3) is 0.556. The van der Waals surface area contributed by atoms with Gasteiger partial charge in [-0.15, -0.1) is 0 Å². The van der Waals surface area contributed by atoms with Crippen LogP contribution in [0.25, 0.3) is 0 Å². The Morgan fingerprint density at radius 1 is 1.00 bits per heavy atom. The molecule has 2 heterocycles. The van der Waals surface area contributed by atoms with Gasteiger partial charge < -0.3 is 39.0 Å². The first-order valence-corrected chi connectivity index (χ1v) is 11.9. The molecule has 0 radical (unpaired) electrons. The molecule has 0 bridgehead atoms. The van der Waals surface area contributed by atoms with Gasteiger partial charge in [0.1, 0.15) is 23.4 Å². The summed E-state index contributed by atoms with van der Waals surface area (Å²) >= 11 is 0. The monoisotopic (exact) mass is 510 g/mol. The lowest BCUT2D eigenvalue weighted by Gasteiger charge is -2.33. The number of benzene rings is 2. The summed E-state index contributed by atoms with van der Waals surface area (Å²) in [6, 6.07) is 12.0. The summed E-state index contributed by atoms with van der Waals surface area (Å²) in [5, 5.41) is 26.8. The van der Waals surface area contributed by atoms with Gasteiger partial charge in [-0.25, -0.2) is 0 Å². The summed E-state index contributed by atoms with van der Waals surface area (Å²) in [6.45, 7) is 1.27. The fourth-order valence-electron chi connectivity index (χ4n) is 4.39. The first-order valence-electron chi connectivity index (χ1n) is 11.9. The lowest BCUT2D eigenvalue weighted by molar-refractivity contribution is -0.114. The molecule has 8 nitrogen and oxygen atoms in total. The number of halogens is 1. The zero-order valence-corrected chi connectivity index (χ0v) is 21.5. The van der Waals surface area contributed by atoms with Crippen LogP contribution in [-0.4, -0.2) is 82.0 Å². The molecule has 0 aliphatic carbocycles. The molecule has 2 aromatic rings. The van der Waals surface area contributed by atoms with Crippen molar-refractivity contribution in [3.63, 3.8) is 0 Å². The van der Waals surface area contributed by atoms with Crippen LogP contribution >= 0.6 is 0 Å². The Balaban J connectivity index is 0.00000109. The van der Waals surface area contributed by atoms with Crippen molar-refractivity contribution in [2.75, 3.05) is 48.3 Å². The maximum absolute atomic E-state index is 10.3. The van der Waals surface area contributed by atoms with Gasteiger partial charge in [-0.05, 0) is 29.3 Å². The van der Waals surface area contributed by atoms with E-state index in [0.29, 0.717) is 38.8 Å². The maximum atomic E-state index is 10.3. The molecule has 202 valence electrons. The molecule has 2 aliphatic heterocycles. The molecule has 0 spiro atoms. The molecule has 2 fully saturated rings. The summed E-state index contributed by atoms with van der Waals surface area (Å²) in [5.74, 6) is 2.21. The number of methoxy groups -OCH3 is 2. The van der Waals surface area contributed by atoms with Gasteiger partial charge in [0.15, 0.2) is 0 Å². The van der Waals surface area contributed by atoms with E-state index in [9.17, 15) is 14.6 Å². The van der Waals surface area contributed by atoms with Gasteiger partial charge in [0, 0.05) is 44.4 Å². The zero-order chi connectivity index (χ0) is 26.5. The minimum Gasteiger partial charge on any atom is -0.496 e. The van der Waals surface area contributed by atoms with Gasteiger partial charge >= 0.3 is 0 Å². The SMILES string of the molecule is CF.CO.COc1cc(OC)c(C2CC(O)CC(CO)O2)cc1Cc1ccc(OC2CCOC2)cc1. The lowest BCUT2D eigenvalue weighted by Crippen LogP contribution is -2.33. The number of aliphatic hydroxyl groups is 3. The van der Waals surface area contributed by atoms with E-state index in [1.54, 1.807) is 14.2 Å². The number of hydrogen-bond donors (Lipinski definition) is 3. The first kappa shape index (κ1) is 29.8. The van der Waals surface area contributed by atoms with Crippen LogP contribution in [0.2, 0.25) is 0 Å². The van der Waals surface area contributed by atoms with Crippen LogP contribution in [0.1, 0.15) is 42.1 Å². The predicted octanol–water partition coefficient (Wildman–Crippen LogP) is 3.23. The molecular weight excluding hydrogens is 471 g/mol. The summed E-state index contributed by atoms with van der Waals surface area (Å²) < 4.78 is 38.1. The Hall–Kier alpha value is -2.43. The molecule has 9 heteroatoms. The topological polar surface area (TPSA) is 107 Å². The second-order valence-electron chi connectivity index (χ2n) is 8.38. The van der Waals surface area contributed by atoms with Crippen LogP contribution in [0.15, 0.2) is 36.4 Å². The van der Waals surface area contributed by atoms with E-state index in [1.807, 2.05) is 24.3 Å². The van der Waals surface area contributed by atoms with Crippen molar-refractivity contribution in [3.05, 3.63) is 53.1 Å². The smallest absolute Gasteiger partial charge is 0.128 e. The van der Waals surface area contributed by atoms with Gasteiger partial charge in [-0.2, -0.15) is 0 Å². The number of alkyl halides is 1. The quantitative estimate of drug-likeness (QED) is 0.497. The van der Waals surface area contributed by atoms with Crippen LogP contribution in [0.4, 0.5) is 4.39 Å². The average molecular weight is 511 g/mol. The molecular formula is C27H39FO8. The summed E-state index contributed by atoms with van der Waals surface area (Å²) in [6.07, 6.45) is 1.30. The second kappa shape index (κ2) is 15.6. The molecule has 0 saturated carbocycles. The first-order chi connectivity index (χ1) is 17.6. The molecule has 36 heavy (non-hydrogen) atoms. The van der Waals surface area contributed by atoms with E-state index in [-0.39, 0.29) is 18.8 Å². The van der Waals surface area contributed by atoms with E-state index in [1.165, 1.54) is 0 Å². The highest BCUT2D eigenvalue weighted by atomic mass is 19.1. The highest BCUT2D eigenvalue weighted by Crippen LogP contribution is 2.40. The van der Waals surface area contributed by atoms with Gasteiger partial charge in [0.2, 0.25) is 0 Å². The minimum absolute atomic E-state index is 0.124. The standard InChI is InChI=1S/C25H32O7.CH3F.CH4O/c1-28-23-13-24(29-2)22(25-12-18(27)11-21(14-26)32-25)10-17(23)9-16-3-5-19(6-4-16)31-20-7-8-30-15-20;2*1-2/h3-6,10,13,18,20-21,25-27H,7-9,11-12,14-15H2,1-2H3;1H3;2H,1H3. The zero-order valence-electron chi connectivity index (χ0n) is 21.5. The normalized spacial score (nSPS) is 23.0. The third-order valence-electron chi connectivity index (χ3n) is 6.07. The van der Waals surface area contributed by atoms with E-state index in [2.05, 4.69) is 12.1 Å². The predicted molar refractivity (Wildman–Crippen MR) is 134 cm³/mol. The van der Waals surface area contributed by atoms with Crippen molar-refractivity contribution < 1.29 is 43.4 Å². The Labute approximate surface area is 212 Å². The van der Waals surface area contributed by atoms with Crippen molar-refractivity contribution in [2.45, 2.75) is 50.1 Å². The van der Waals surface area contributed by atoms with Gasteiger partial charge in [0.25, 0.3) is 0 Å². The van der Waals surface area contributed by atoms with Crippen LogP contribution in [0, 0.1) is 0 Å².